The van der Waals surface area contributed by atoms with Crippen LogP contribution in [0.15, 0.2) is 12.1 Å². The predicted molar refractivity (Wildman–Crippen MR) is 69.5 cm³/mol. The zero-order chi connectivity index (χ0) is 14.9. The number of nitrogens with zero attached hydrogens (tertiary/aromatic N) is 1. The van der Waals surface area contributed by atoms with Gasteiger partial charge in [-0.25, -0.2) is 4.98 Å². The molecule has 3 rings (SSSR count). The van der Waals surface area contributed by atoms with Crippen LogP contribution in [0.25, 0.3) is 11.0 Å². The van der Waals surface area contributed by atoms with Gasteiger partial charge in [-0.15, -0.1) is 0 Å². The third kappa shape index (κ3) is 3.38. The lowest BCUT2D eigenvalue weighted by Gasteiger charge is -2.06. The predicted octanol–water partition coefficient (Wildman–Crippen LogP) is 2.38. The van der Waals surface area contributed by atoms with Gasteiger partial charge in [0.05, 0.1) is 37.3 Å². The van der Waals surface area contributed by atoms with E-state index in [4.69, 9.17) is 9.47 Å². The quantitative estimate of drug-likeness (QED) is 0.914. The minimum absolute atomic E-state index is 0.0145. The van der Waals surface area contributed by atoms with Crippen LogP contribution in [-0.4, -0.2) is 35.9 Å². The number of fused-ring (bicyclic) bond motifs is 2. The molecule has 0 unspecified atom stereocenters. The lowest BCUT2D eigenvalue weighted by molar-refractivity contribution is -0.125. The van der Waals surface area contributed by atoms with Gasteiger partial charge in [0.25, 0.3) is 0 Å². The first-order chi connectivity index (χ1) is 10.0. The van der Waals surface area contributed by atoms with E-state index in [0.29, 0.717) is 41.6 Å². The molecule has 1 aliphatic heterocycles. The second-order valence-electron chi connectivity index (χ2n) is 4.77. The number of hydrogen-bond donors (Lipinski definition) is 2. The summed E-state index contributed by atoms with van der Waals surface area (Å²) in [7, 11) is 0. The summed E-state index contributed by atoms with van der Waals surface area (Å²) in [5.74, 6) is 1.68. The van der Waals surface area contributed by atoms with Crippen molar-refractivity contribution in [3.8, 4) is 11.5 Å². The van der Waals surface area contributed by atoms with Crippen LogP contribution in [0.2, 0.25) is 0 Å². The number of aromatic nitrogens is 2. The molecule has 0 atom stereocenters. The molecule has 0 amide bonds. The van der Waals surface area contributed by atoms with E-state index in [-0.39, 0.29) is 6.54 Å². The van der Waals surface area contributed by atoms with Crippen LogP contribution in [0, 0.1) is 0 Å². The van der Waals surface area contributed by atoms with Crippen LogP contribution in [0.3, 0.4) is 0 Å². The number of nitrogens with one attached hydrogen (secondary N) is 2. The molecule has 1 aromatic heterocycles. The molecule has 1 aromatic carbocycles. The van der Waals surface area contributed by atoms with E-state index < -0.39 is 12.7 Å². The number of alkyl halides is 3. The molecule has 0 radical (unpaired) electrons. The highest BCUT2D eigenvalue weighted by Crippen LogP contribution is 2.33. The summed E-state index contributed by atoms with van der Waals surface area (Å²) >= 11 is 0. The Balaban J connectivity index is 1.77. The largest absolute Gasteiger partial charge is 0.489 e. The second-order valence-corrected chi connectivity index (χ2v) is 4.77. The fourth-order valence-electron chi connectivity index (χ4n) is 2.13. The van der Waals surface area contributed by atoms with E-state index in [1.54, 1.807) is 12.1 Å². The first-order valence-electron chi connectivity index (χ1n) is 6.57. The lowest BCUT2D eigenvalue weighted by atomic mass is 10.3. The van der Waals surface area contributed by atoms with Crippen molar-refractivity contribution >= 4 is 11.0 Å². The Morgan fingerprint density at radius 2 is 1.90 bits per heavy atom. The fraction of sp³-hybridized carbons (Fsp3) is 0.462. The number of ether oxygens (including phenoxy) is 2. The molecular formula is C13H14F3N3O2. The standard InChI is InChI=1S/C13H14F3N3O2/c14-13(15,16)7-17-6-12-18-8-4-10-11(5-9(8)19-12)21-3-1-2-20-10/h4-5,17H,1-3,6-7H2,(H,18,19). The highest BCUT2D eigenvalue weighted by atomic mass is 19.4. The molecule has 0 saturated carbocycles. The van der Waals surface area contributed by atoms with Gasteiger partial charge in [-0.2, -0.15) is 13.2 Å². The molecule has 0 fully saturated rings. The molecule has 2 aromatic rings. The lowest BCUT2D eigenvalue weighted by Crippen LogP contribution is -2.28. The average Bonchev–Trinajstić information content (AvgIpc) is 2.63. The number of halogens is 3. The van der Waals surface area contributed by atoms with E-state index in [1.807, 2.05) is 0 Å². The number of rotatable bonds is 3. The highest BCUT2D eigenvalue weighted by Gasteiger charge is 2.26. The van der Waals surface area contributed by atoms with Crippen LogP contribution in [-0.2, 0) is 6.54 Å². The highest BCUT2D eigenvalue weighted by molar-refractivity contribution is 5.79. The summed E-state index contributed by atoms with van der Waals surface area (Å²) in [5, 5.41) is 2.30. The maximum Gasteiger partial charge on any atom is 0.401 e. The smallest absolute Gasteiger partial charge is 0.401 e. The minimum atomic E-state index is -4.23. The number of imidazole rings is 1. The van der Waals surface area contributed by atoms with Crippen LogP contribution in [0.4, 0.5) is 13.2 Å². The van der Waals surface area contributed by atoms with Crippen molar-refractivity contribution < 1.29 is 22.6 Å². The van der Waals surface area contributed by atoms with Crippen molar-refractivity contribution in [3.63, 3.8) is 0 Å². The monoisotopic (exact) mass is 301 g/mol. The maximum atomic E-state index is 12.1. The van der Waals surface area contributed by atoms with E-state index in [0.717, 1.165) is 6.42 Å². The molecule has 21 heavy (non-hydrogen) atoms. The maximum absolute atomic E-state index is 12.1. The van der Waals surface area contributed by atoms with Crippen LogP contribution in [0.5, 0.6) is 11.5 Å². The number of H-pyrrole nitrogens is 1. The minimum Gasteiger partial charge on any atom is -0.489 e. The summed E-state index contributed by atoms with van der Waals surface area (Å²) in [5.41, 5.74) is 1.35. The average molecular weight is 301 g/mol. The third-order valence-corrected chi connectivity index (χ3v) is 3.02. The van der Waals surface area contributed by atoms with Gasteiger partial charge in [0.15, 0.2) is 11.5 Å². The molecule has 0 aliphatic carbocycles. The first-order valence-corrected chi connectivity index (χ1v) is 6.57. The summed E-state index contributed by atoms with van der Waals surface area (Å²) < 4.78 is 47.3. The normalized spacial score (nSPS) is 15.2. The Labute approximate surface area is 118 Å². The Morgan fingerprint density at radius 3 is 2.62 bits per heavy atom. The van der Waals surface area contributed by atoms with Crippen molar-refractivity contribution in [1.29, 1.82) is 0 Å². The van der Waals surface area contributed by atoms with Gasteiger partial charge in [-0.1, -0.05) is 0 Å². The van der Waals surface area contributed by atoms with Crippen LogP contribution < -0.4 is 14.8 Å². The summed E-state index contributed by atoms with van der Waals surface area (Å²) in [6, 6.07) is 3.50. The molecule has 2 heterocycles. The zero-order valence-corrected chi connectivity index (χ0v) is 11.1. The van der Waals surface area contributed by atoms with Crippen LogP contribution in [0.1, 0.15) is 12.2 Å². The fourth-order valence-corrected chi connectivity index (χ4v) is 2.13. The van der Waals surface area contributed by atoms with E-state index >= 15 is 0 Å². The zero-order valence-electron chi connectivity index (χ0n) is 11.1. The van der Waals surface area contributed by atoms with Gasteiger partial charge in [0, 0.05) is 18.6 Å². The van der Waals surface area contributed by atoms with Gasteiger partial charge >= 0.3 is 6.18 Å². The van der Waals surface area contributed by atoms with Gasteiger partial charge in [0.2, 0.25) is 0 Å². The Morgan fingerprint density at radius 1 is 1.19 bits per heavy atom. The molecule has 1 aliphatic rings. The molecule has 0 saturated heterocycles. The Hall–Kier alpha value is -1.96. The molecule has 2 N–H and O–H groups in total. The molecule has 0 bridgehead atoms. The molecule has 114 valence electrons. The van der Waals surface area contributed by atoms with E-state index in [1.165, 1.54) is 0 Å². The van der Waals surface area contributed by atoms with E-state index in [2.05, 4.69) is 15.3 Å². The molecule has 8 heteroatoms. The summed E-state index contributed by atoms with van der Waals surface area (Å²) in [6.07, 6.45) is -3.42. The molecule has 0 spiro atoms. The van der Waals surface area contributed by atoms with Crippen molar-refractivity contribution in [3.05, 3.63) is 18.0 Å². The van der Waals surface area contributed by atoms with Crippen molar-refractivity contribution in [1.82, 2.24) is 15.3 Å². The van der Waals surface area contributed by atoms with Crippen molar-refractivity contribution in [2.24, 2.45) is 0 Å². The number of benzene rings is 1. The summed E-state index contributed by atoms with van der Waals surface area (Å²) in [6.45, 7) is 0.114. The second kappa shape index (κ2) is 5.44. The molecular weight excluding hydrogens is 287 g/mol. The SMILES string of the molecule is FC(F)(F)CNCc1nc2cc3c(cc2[nH]1)OCCCO3. The van der Waals surface area contributed by atoms with Gasteiger partial charge in [-0.05, 0) is 0 Å². The first kappa shape index (κ1) is 14.0. The summed E-state index contributed by atoms with van der Waals surface area (Å²) in [4.78, 5) is 7.23. The van der Waals surface area contributed by atoms with Crippen molar-refractivity contribution in [2.75, 3.05) is 19.8 Å². The number of aromatic amines is 1. The van der Waals surface area contributed by atoms with Crippen molar-refractivity contribution in [2.45, 2.75) is 19.1 Å². The third-order valence-electron chi connectivity index (χ3n) is 3.02. The Bertz CT molecular complexity index is 596. The topological polar surface area (TPSA) is 59.2 Å². The van der Waals surface area contributed by atoms with Gasteiger partial charge < -0.3 is 19.8 Å². The molecule has 5 nitrogen and oxygen atoms in total. The van der Waals surface area contributed by atoms with E-state index in [9.17, 15) is 13.2 Å². The van der Waals surface area contributed by atoms with Gasteiger partial charge in [0.1, 0.15) is 5.82 Å². The Kier molecular flexibility index (Phi) is 3.62. The number of hydrogen-bond acceptors (Lipinski definition) is 4. The van der Waals surface area contributed by atoms with Gasteiger partial charge in [-0.3, -0.25) is 0 Å². The van der Waals surface area contributed by atoms with Crippen LogP contribution >= 0.6 is 0 Å².